The number of hydrogen-bond acceptors (Lipinski definition) is 3. The molecule has 0 radical (unpaired) electrons. The molecule has 0 spiro atoms. The molecule has 2 aliphatic rings. The molecule has 2 rings (SSSR count). The fraction of sp³-hybridized carbons (Fsp3) is 1.00. The lowest BCUT2D eigenvalue weighted by Crippen LogP contribution is -2.29. The lowest BCUT2D eigenvalue weighted by molar-refractivity contribution is 0.202. The minimum absolute atomic E-state index is 0.551. The summed E-state index contributed by atoms with van der Waals surface area (Å²) in [6.45, 7) is 5.68. The van der Waals surface area contributed by atoms with Crippen LogP contribution in [0.1, 0.15) is 33.1 Å². The maximum Gasteiger partial charge on any atom is 0.321 e. The Morgan fingerprint density at radius 2 is 1.93 bits per heavy atom. The van der Waals surface area contributed by atoms with E-state index < -0.39 is 9.28 Å². The van der Waals surface area contributed by atoms with Gasteiger partial charge in [-0.1, -0.05) is 6.42 Å². The molecule has 1 aliphatic heterocycles. The van der Waals surface area contributed by atoms with Crippen molar-refractivity contribution in [1.29, 1.82) is 0 Å². The van der Waals surface area contributed by atoms with Gasteiger partial charge in [-0.05, 0) is 38.7 Å². The summed E-state index contributed by atoms with van der Waals surface area (Å²) in [7, 11) is -1.40. The fourth-order valence-electron chi connectivity index (χ4n) is 2.60. The zero-order chi connectivity index (χ0) is 10.7. The molecule has 1 aliphatic carbocycles. The molecule has 0 aromatic carbocycles. The molecule has 0 N–H and O–H groups in total. The molecule has 0 aromatic rings. The van der Waals surface area contributed by atoms with E-state index in [0.717, 1.165) is 25.2 Å². The van der Waals surface area contributed by atoms with E-state index in [4.69, 9.17) is 13.6 Å². The van der Waals surface area contributed by atoms with E-state index in [0.29, 0.717) is 12.2 Å². The Morgan fingerprint density at radius 3 is 2.60 bits per heavy atom. The average molecular weight is 230 g/mol. The van der Waals surface area contributed by atoms with Gasteiger partial charge < -0.3 is 13.6 Å². The molecule has 15 heavy (non-hydrogen) atoms. The second-order valence-electron chi connectivity index (χ2n) is 4.41. The molecule has 4 heteroatoms. The SMILES string of the molecule is CCO[SiH](CC1CCCC2OC12)OCC. The topological polar surface area (TPSA) is 31.0 Å². The predicted octanol–water partition coefficient (Wildman–Crippen LogP) is 1.85. The quantitative estimate of drug-likeness (QED) is 0.515. The summed E-state index contributed by atoms with van der Waals surface area (Å²) in [5, 5.41) is 0. The molecule has 3 nitrogen and oxygen atoms in total. The molecule has 1 heterocycles. The average Bonchev–Trinajstić information content (AvgIpc) is 2.98. The van der Waals surface area contributed by atoms with E-state index >= 15 is 0 Å². The minimum atomic E-state index is -1.40. The van der Waals surface area contributed by atoms with Crippen LogP contribution in [0, 0.1) is 5.92 Å². The smallest absolute Gasteiger partial charge is 0.321 e. The second kappa shape index (κ2) is 5.43. The van der Waals surface area contributed by atoms with Crippen molar-refractivity contribution in [3.8, 4) is 0 Å². The van der Waals surface area contributed by atoms with Crippen LogP contribution < -0.4 is 0 Å². The van der Waals surface area contributed by atoms with Crippen molar-refractivity contribution in [3.63, 3.8) is 0 Å². The lowest BCUT2D eigenvalue weighted by atomic mass is 9.91. The molecule has 0 amide bonds. The van der Waals surface area contributed by atoms with Gasteiger partial charge in [0, 0.05) is 13.2 Å². The lowest BCUT2D eigenvalue weighted by Gasteiger charge is -2.22. The Bertz CT molecular complexity index is 194. The summed E-state index contributed by atoms with van der Waals surface area (Å²) in [6, 6.07) is 1.14. The van der Waals surface area contributed by atoms with Gasteiger partial charge in [0.05, 0.1) is 12.2 Å². The summed E-state index contributed by atoms with van der Waals surface area (Å²) < 4.78 is 17.1. The van der Waals surface area contributed by atoms with Crippen LogP contribution in [0.5, 0.6) is 0 Å². The monoisotopic (exact) mass is 230 g/mol. The number of rotatable bonds is 6. The second-order valence-corrected chi connectivity index (χ2v) is 6.40. The van der Waals surface area contributed by atoms with Gasteiger partial charge in [-0.3, -0.25) is 0 Å². The molecule has 88 valence electrons. The first kappa shape index (κ1) is 11.6. The fourth-order valence-corrected chi connectivity index (χ4v) is 4.71. The Kier molecular flexibility index (Phi) is 4.19. The summed E-state index contributed by atoms with van der Waals surface area (Å²) in [4.78, 5) is 0. The van der Waals surface area contributed by atoms with Crippen molar-refractivity contribution in [1.82, 2.24) is 0 Å². The number of epoxide rings is 1. The molecule has 1 saturated carbocycles. The Labute approximate surface area is 93.9 Å². The van der Waals surface area contributed by atoms with E-state index in [1.807, 2.05) is 0 Å². The highest BCUT2D eigenvalue weighted by atomic mass is 28.3. The first-order valence-corrected chi connectivity index (χ1v) is 7.99. The van der Waals surface area contributed by atoms with Gasteiger partial charge in [0.15, 0.2) is 0 Å². The highest BCUT2D eigenvalue weighted by molar-refractivity contribution is 6.44. The van der Waals surface area contributed by atoms with Crippen LogP contribution in [-0.2, 0) is 13.6 Å². The largest absolute Gasteiger partial charge is 0.397 e. The van der Waals surface area contributed by atoms with E-state index in [-0.39, 0.29) is 0 Å². The predicted molar refractivity (Wildman–Crippen MR) is 61.2 cm³/mol. The molecule has 0 bridgehead atoms. The zero-order valence-electron chi connectivity index (χ0n) is 9.78. The molecule has 3 atom stereocenters. The third-order valence-corrected chi connectivity index (χ3v) is 5.75. The molecule has 1 saturated heterocycles. The van der Waals surface area contributed by atoms with Crippen LogP contribution in [0.15, 0.2) is 0 Å². The van der Waals surface area contributed by atoms with Gasteiger partial charge in [0.25, 0.3) is 0 Å². The van der Waals surface area contributed by atoms with Gasteiger partial charge >= 0.3 is 9.28 Å². The molecule has 0 aromatic heterocycles. The van der Waals surface area contributed by atoms with Gasteiger partial charge in [0.1, 0.15) is 0 Å². The van der Waals surface area contributed by atoms with Gasteiger partial charge in [0.2, 0.25) is 0 Å². The Morgan fingerprint density at radius 1 is 1.20 bits per heavy atom. The van der Waals surface area contributed by atoms with Gasteiger partial charge in [-0.2, -0.15) is 0 Å². The van der Waals surface area contributed by atoms with E-state index in [2.05, 4.69) is 13.8 Å². The van der Waals surface area contributed by atoms with E-state index in [1.165, 1.54) is 19.3 Å². The number of fused-ring (bicyclic) bond motifs is 1. The first-order valence-electron chi connectivity index (χ1n) is 6.23. The van der Waals surface area contributed by atoms with Crippen molar-refractivity contribution in [2.45, 2.75) is 51.4 Å². The van der Waals surface area contributed by atoms with Gasteiger partial charge in [-0.25, -0.2) is 0 Å². The minimum Gasteiger partial charge on any atom is -0.397 e. The van der Waals surface area contributed by atoms with E-state index in [9.17, 15) is 0 Å². The van der Waals surface area contributed by atoms with Crippen molar-refractivity contribution < 1.29 is 13.6 Å². The van der Waals surface area contributed by atoms with Crippen LogP contribution in [0.4, 0.5) is 0 Å². The normalized spacial score (nSPS) is 34.2. The molecular weight excluding hydrogens is 208 g/mol. The maximum atomic E-state index is 5.71. The van der Waals surface area contributed by atoms with Crippen molar-refractivity contribution >= 4 is 9.28 Å². The first-order chi connectivity index (χ1) is 7.35. The van der Waals surface area contributed by atoms with Gasteiger partial charge in [-0.15, -0.1) is 0 Å². The van der Waals surface area contributed by atoms with Crippen molar-refractivity contribution in [3.05, 3.63) is 0 Å². The zero-order valence-corrected chi connectivity index (χ0v) is 10.9. The number of ether oxygens (including phenoxy) is 1. The summed E-state index contributed by atoms with van der Waals surface area (Å²) in [6.07, 6.45) is 5.04. The molecule has 3 unspecified atom stereocenters. The van der Waals surface area contributed by atoms with Crippen molar-refractivity contribution in [2.75, 3.05) is 13.2 Å². The maximum absolute atomic E-state index is 5.71. The molecule has 2 fully saturated rings. The van der Waals surface area contributed by atoms with Crippen LogP contribution in [0.3, 0.4) is 0 Å². The summed E-state index contributed by atoms with van der Waals surface area (Å²) in [5.41, 5.74) is 0. The van der Waals surface area contributed by atoms with Crippen LogP contribution in [0.25, 0.3) is 0 Å². The standard InChI is InChI=1S/C11H22O3Si/c1-3-12-15(13-4-2)8-9-6-5-7-10-11(9)14-10/h9-11,15H,3-8H2,1-2H3. The summed E-state index contributed by atoms with van der Waals surface area (Å²) in [5.74, 6) is 0.721. The highest BCUT2D eigenvalue weighted by Crippen LogP contribution is 2.42. The van der Waals surface area contributed by atoms with Crippen LogP contribution in [-0.4, -0.2) is 34.7 Å². The number of hydrogen-bond donors (Lipinski definition) is 0. The Hall–Kier alpha value is 0.0969. The van der Waals surface area contributed by atoms with Crippen LogP contribution >= 0.6 is 0 Å². The van der Waals surface area contributed by atoms with E-state index in [1.54, 1.807) is 0 Å². The Balaban J connectivity index is 1.77. The summed E-state index contributed by atoms with van der Waals surface area (Å²) >= 11 is 0. The third kappa shape index (κ3) is 3.03. The highest BCUT2D eigenvalue weighted by Gasteiger charge is 2.47. The van der Waals surface area contributed by atoms with Crippen molar-refractivity contribution in [2.24, 2.45) is 5.92 Å². The van der Waals surface area contributed by atoms with Crippen LogP contribution in [0.2, 0.25) is 6.04 Å². The third-order valence-electron chi connectivity index (χ3n) is 3.35. The molecular formula is C11H22O3Si.